The number of benzene rings is 2. The molecule has 2 aromatic carbocycles. The predicted molar refractivity (Wildman–Crippen MR) is 150 cm³/mol. The fourth-order valence-corrected chi connectivity index (χ4v) is 5.83. The van der Waals surface area contributed by atoms with Crippen LogP contribution in [0.3, 0.4) is 0 Å². The van der Waals surface area contributed by atoms with E-state index in [2.05, 4.69) is 46.5 Å². The lowest BCUT2D eigenvalue weighted by Crippen LogP contribution is -2.49. The molecular weight excluding hydrogens is 494 g/mol. The Hall–Kier alpha value is -3.69. The minimum Gasteiger partial charge on any atom is -0.418 e. The maximum atomic E-state index is 13.1. The van der Waals surface area contributed by atoms with E-state index >= 15 is 0 Å². The van der Waals surface area contributed by atoms with Crippen LogP contribution in [0.5, 0.6) is 0 Å². The number of anilines is 2. The molecule has 1 amide bonds. The van der Waals surface area contributed by atoms with Crippen molar-refractivity contribution >= 4 is 23.8 Å². The van der Waals surface area contributed by atoms with Crippen molar-refractivity contribution in [2.24, 2.45) is 5.10 Å². The first-order valence-corrected chi connectivity index (χ1v) is 13.9. The zero-order valence-electron chi connectivity index (χ0n) is 22.0. The number of aliphatic hydroxyl groups excluding tert-OH is 1. The molecular formula is C30H35N5O4. The summed E-state index contributed by atoms with van der Waals surface area (Å²) in [4.78, 5) is 21.1. The van der Waals surface area contributed by atoms with Crippen LogP contribution in [0.15, 0.2) is 70.3 Å². The highest BCUT2D eigenvalue weighted by Gasteiger charge is 2.39. The molecule has 2 saturated heterocycles. The molecule has 1 aromatic heterocycles. The number of likely N-dealkylation sites (tertiary alicyclic amines) is 1. The lowest BCUT2D eigenvalue weighted by Gasteiger charge is -2.40. The van der Waals surface area contributed by atoms with E-state index in [1.54, 1.807) is 4.90 Å². The van der Waals surface area contributed by atoms with Gasteiger partial charge in [-0.25, -0.2) is 4.98 Å². The molecule has 0 aliphatic carbocycles. The molecule has 2 N–H and O–H groups in total. The van der Waals surface area contributed by atoms with Crippen LogP contribution in [0.25, 0.3) is 11.1 Å². The number of piperidine rings is 2. The molecule has 0 radical (unpaired) electrons. The molecule has 3 aromatic rings. The Kier molecular flexibility index (Phi) is 7.10. The average molecular weight is 530 g/mol. The Morgan fingerprint density at radius 2 is 1.67 bits per heavy atom. The molecule has 1 unspecified atom stereocenters. The monoisotopic (exact) mass is 529 g/mol. The molecule has 6 rings (SSSR count). The molecule has 9 nitrogen and oxygen atoms in total. The van der Waals surface area contributed by atoms with Gasteiger partial charge in [0.1, 0.15) is 0 Å². The number of rotatable bonds is 6. The van der Waals surface area contributed by atoms with Crippen LogP contribution in [0.4, 0.5) is 11.7 Å². The van der Waals surface area contributed by atoms with Crippen LogP contribution in [-0.4, -0.2) is 76.1 Å². The fraction of sp³-hybridized carbons (Fsp3) is 0.433. The van der Waals surface area contributed by atoms with Crippen LogP contribution in [0.2, 0.25) is 0 Å². The highest BCUT2D eigenvalue weighted by atomic mass is 16.4. The van der Waals surface area contributed by atoms with Crippen molar-refractivity contribution in [1.82, 2.24) is 9.88 Å². The molecule has 3 aliphatic heterocycles. The van der Waals surface area contributed by atoms with Crippen molar-refractivity contribution in [3.05, 3.63) is 66.6 Å². The highest BCUT2D eigenvalue weighted by molar-refractivity contribution is 5.91. The van der Waals surface area contributed by atoms with Gasteiger partial charge in [0.05, 0.1) is 29.6 Å². The SMILES string of the molecule is O=C(c1cnc(N2CCC(O)CC2)o1)N1CCC(O)(CC2CC=NN2c2ccc(-c3ccccc3)cc2)CC1. The molecule has 2 fully saturated rings. The first-order chi connectivity index (χ1) is 19.0. The van der Waals surface area contributed by atoms with E-state index in [1.165, 1.54) is 11.8 Å². The number of aliphatic hydroxyl groups is 2. The lowest BCUT2D eigenvalue weighted by atomic mass is 9.84. The van der Waals surface area contributed by atoms with E-state index in [9.17, 15) is 15.0 Å². The largest absolute Gasteiger partial charge is 0.418 e. The van der Waals surface area contributed by atoms with Crippen molar-refractivity contribution in [1.29, 1.82) is 0 Å². The Morgan fingerprint density at radius 3 is 2.38 bits per heavy atom. The number of amides is 1. The molecule has 0 saturated carbocycles. The molecule has 3 aliphatic rings. The van der Waals surface area contributed by atoms with Gasteiger partial charge in [-0.05, 0) is 55.4 Å². The van der Waals surface area contributed by atoms with Crippen LogP contribution >= 0.6 is 0 Å². The topological polar surface area (TPSA) is 106 Å². The number of carbonyl (C=O) groups excluding carboxylic acids is 1. The predicted octanol–water partition coefficient (Wildman–Crippen LogP) is 3.92. The van der Waals surface area contributed by atoms with Gasteiger partial charge >= 0.3 is 0 Å². The zero-order chi connectivity index (χ0) is 26.8. The van der Waals surface area contributed by atoms with Crippen LogP contribution in [0, 0.1) is 0 Å². The van der Waals surface area contributed by atoms with Gasteiger partial charge in [0, 0.05) is 38.8 Å². The maximum absolute atomic E-state index is 13.1. The van der Waals surface area contributed by atoms with Gasteiger partial charge in [-0.15, -0.1) is 0 Å². The lowest BCUT2D eigenvalue weighted by molar-refractivity contribution is -0.0274. The van der Waals surface area contributed by atoms with E-state index in [1.807, 2.05) is 34.3 Å². The number of aromatic nitrogens is 1. The standard InChI is InChI=1S/C30H35N5O4/c36-26-11-16-34(17-12-26)29-31-21-27(39-29)28(37)33-18-13-30(38,14-19-33)20-25-10-15-32-35(25)24-8-6-23(7-9-24)22-4-2-1-3-5-22/h1-9,15,21,25-26,36,38H,10-14,16-20H2. The first kappa shape index (κ1) is 25.6. The van der Waals surface area contributed by atoms with Gasteiger partial charge in [-0.2, -0.15) is 5.10 Å². The van der Waals surface area contributed by atoms with Gasteiger partial charge in [0.2, 0.25) is 5.76 Å². The van der Waals surface area contributed by atoms with Crippen LogP contribution in [-0.2, 0) is 0 Å². The summed E-state index contributed by atoms with van der Waals surface area (Å²) in [5, 5.41) is 27.8. The van der Waals surface area contributed by atoms with Gasteiger partial charge in [0.25, 0.3) is 11.9 Å². The summed E-state index contributed by atoms with van der Waals surface area (Å²) >= 11 is 0. The van der Waals surface area contributed by atoms with Gasteiger partial charge in [-0.1, -0.05) is 42.5 Å². The maximum Gasteiger partial charge on any atom is 0.297 e. The van der Waals surface area contributed by atoms with E-state index in [4.69, 9.17) is 4.42 Å². The van der Waals surface area contributed by atoms with Crippen molar-refractivity contribution in [3.8, 4) is 11.1 Å². The zero-order valence-corrected chi connectivity index (χ0v) is 22.0. The highest BCUT2D eigenvalue weighted by Crippen LogP contribution is 2.34. The van der Waals surface area contributed by atoms with Crippen molar-refractivity contribution < 1.29 is 19.4 Å². The third kappa shape index (κ3) is 5.55. The molecule has 1 atom stereocenters. The van der Waals surface area contributed by atoms with E-state index in [-0.39, 0.29) is 23.8 Å². The molecule has 4 heterocycles. The number of hydrogen-bond donors (Lipinski definition) is 2. The summed E-state index contributed by atoms with van der Waals surface area (Å²) in [5.74, 6) is 0.0213. The average Bonchev–Trinajstić information content (AvgIpc) is 3.64. The second-order valence-corrected chi connectivity index (χ2v) is 10.9. The molecule has 0 bridgehead atoms. The minimum absolute atomic E-state index is 0.0692. The summed E-state index contributed by atoms with van der Waals surface area (Å²) < 4.78 is 5.79. The quantitative estimate of drug-likeness (QED) is 0.499. The molecule has 39 heavy (non-hydrogen) atoms. The summed E-state index contributed by atoms with van der Waals surface area (Å²) in [6.07, 6.45) is 6.82. The smallest absolute Gasteiger partial charge is 0.297 e. The molecule has 204 valence electrons. The number of carbonyl (C=O) groups is 1. The minimum atomic E-state index is -0.863. The second-order valence-electron chi connectivity index (χ2n) is 10.9. The fourth-order valence-electron chi connectivity index (χ4n) is 5.83. The number of hydrazone groups is 1. The first-order valence-electron chi connectivity index (χ1n) is 13.9. The Balaban J connectivity index is 1.04. The molecule has 9 heteroatoms. The van der Waals surface area contributed by atoms with Crippen LogP contribution in [0.1, 0.15) is 49.1 Å². The molecule has 0 spiro atoms. The van der Waals surface area contributed by atoms with Crippen LogP contribution < -0.4 is 9.91 Å². The number of oxazole rings is 1. The Morgan fingerprint density at radius 1 is 0.974 bits per heavy atom. The van der Waals surface area contributed by atoms with E-state index < -0.39 is 5.60 Å². The summed E-state index contributed by atoms with van der Waals surface area (Å²) in [6.45, 7) is 2.23. The second kappa shape index (κ2) is 10.8. The number of nitrogens with zero attached hydrogens (tertiary/aromatic N) is 5. The number of hydrogen-bond acceptors (Lipinski definition) is 8. The van der Waals surface area contributed by atoms with Gasteiger partial charge < -0.3 is 24.4 Å². The van der Waals surface area contributed by atoms with Gasteiger partial charge in [0.15, 0.2) is 0 Å². The van der Waals surface area contributed by atoms with Crippen molar-refractivity contribution in [2.75, 3.05) is 36.1 Å². The summed E-state index contributed by atoms with van der Waals surface area (Å²) in [6, 6.07) is 19.2. The normalized spacial score (nSPS) is 21.5. The Labute approximate surface area is 228 Å². The van der Waals surface area contributed by atoms with Crippen molar-refractivity contribution in [3.63, 3.8) is 0 Å². The third-order valence-corrected chi connectivity index (χ3v) is 8.20. The third-order valence-electron chi connectivity index (χ3n) is 8.20. The Bertz CT molecular complexity index is 1290. The van der Waals surface area contributed by atoms with Gasteiger partial charge in [-0.3, -0.25) is 9.80 Å². The van der Waals surface area contributed by atoms with E-state index in [0.717, 1.165) is 17.7 Å². The van der Waals surface area contributed by atoms with Crippen molar-refractivity contribution in [2.45, 2.75) is 56.3 Å². The summed E-state index contributed by atoms with van der Waals surface area (Å²) in [7, 11) is 0. The summed E-state index contributed by atoms with van der Waals surface area (Å²) in [5.41, 5.74) is 2.48. The van der Waals surface area contributed by atoms with E-state index in [0.29, 0.717) is 64.3 Å².